The predicted octanol–water partition coefficient (Wildman–Crippen LogP) is 1.15. The van der Waals surface area contributed by atoms with Gasteiger partial charge in [-0.1, -0.05) is 12.5 Å². The van der Waals surface area contributed by atoms with Gasteiger partial charge >= 0.3 is 5.97 Å². The van der Waals surface area contributed by atoms with Gasteiger partial charge in [0.15, 0.2) is 0 Å². The molecule has 2 heterocycles. The summed E-state index contributed by atoms with van der Waals surface area (Å²) in [5.41, 5.74) is 0.0872. The molecule has 1 aliphatic carbocycles. The van der Waals surface area contributed by atoms with E-state index >= 15 is 0 Å². The van der Waals surface area contributed by atoms with E-state index in [2.05, 4.69) is 4.98 Å². The molecule has 0 N–H and O–H groups in total. The van der Waals surface area contributed by atoms with Crippen molar-refractivity contribution in [3.8, 4) is 0 Å². The van der Waals surface area contributed by atoms with Gasteiger partial charge in [0.25, 0.3) is 0 Å². The molecule has 22 heavy (non-hydrogen) atoms. The summed E-state index contributed by atoms with van der Waals surface area (Å²) < 4.78 is 31.3. The van der Waals surface area contributed by atoms with Gasteiger partial charge in [-0.15, -0.1) is 0 Å². The summed E-state index contributed by atoms with van der Waals surface area (Å²) in [6, 6.07) is 5.66. The zero-order chi connectivity index (χ0) is 15.8. The molecule has 0 bridgehead atoms. The van der Waals surface area contributed by atoms with Crippen LogP contribution in [0.2, 0.25) is 0 Å². The molecule has 120 valence electrons. The summed E-state index contributed by atoms with van der Waals surface area (Å²) in [5.74, 6) is -0.391. The molecule has 1 aliphatic heterocycles. The molecule has 1 saturated heterocycles. The zero-order valence-corrected chi connectivity index (χ0v) is 13.4. The van der Waals surface area contributed by atoms with Crippen LogP contribution in [0.3, 0.4) is 0 Å². The van der Waals surface area contributed by atoms with Crippen molar-refractivity contribution in [3.05, 3.63) is 30.1 Å². The van der Waals surface area contributed by atoms with Gasteiger partial charge in [0, 0.05) is 30.9 Å². The van der Waals surface area contributed by atoms with Crippen LogP contribution in [0.15, 0.2) is 24.4 Å². The summed E-state index contributed by atoms with van der Waals surface area (Å²) in [6.45, 7) is 0.882. The Morgan fingerprint density at radius 3 is 2.64 bits per heavy atom. The van der Waals surface area contributed by atoms with Crippen molar-refractivity contribution in [2.24, 2.45) is 5.41 Å². The normalized spacial score (nSPS) is 21.7. The summed E-state index contributed by atoms with van der Waals surface area (Å²) in [5, 5.41) is 0. The van der Waals surface area contributed by atoms with Gasteiger partial charge in [0.2, 0.25) is 10.0 Å². The third kappa shape index (κ3) is 2.63. The van der Waals surface area contributed by atoms with Gasteiger partial charge in [-0.25, -0.2) is 12.7 Å². The standard InChI is InChI=1S/C15H20N2O4S/c1-21-14(18)15(6-4-7-15)11-22(19,20)17-9-12(10-17)13-5-2-3-8-16-13/h2-3,5,8,12H,4,6-7,9-11H2,1H3. The van der Waals surface area contributed by atoms with Gasteiger partial charge < -0.3 is 4.74 Å². The summed E-state index contributed by atoms with van der Waals surface area (Å²) >= 11 is 0. The van der Waals surface area contributed by atoms with Crippen LogP contribution in [0.1, 0.15) is 30.9 Å². The maximum Gasteiger partial charge on any atom is 0.312 e. The molecular formula is C15H20N2O4S. The highest BCUT2D eigenvalue weighted by Gasteiger charge is 2.51. The Hall–Kier alpha value is -1.47. The molecule has 0 amide bonds. The maximum atomic E-state index is 12.5. The van der Waals surface area contributed by atoms with Crippen molar-refractivity contribution >= 4 is 16.0 Å². The van der Waals surface area contributed by atoms with Crippen LogP contribution in [-0.4, -0.2) is 49.6 Å². The number of carbonyl (C=O) groups is 1. The smallest absolute Gasteiger partial charge is 0.312 e. The van der Waals surface area contributed by atoms with E-state index in [1.165, 1.54) is 11.4 Å². The van der Waals surface area contributed by atoms with E-state index < -0.39 is 21.4 Å². The van der Waals surface area contributed by atoms with Crippen LogP contribution in [0.5, 0.6) is 0 Å². The van der Waals surface area contributed by atoms with Crippen molar-refractivity contribution < 1.29 is 17.9 Å². The second-order valence-corrected chi connectivity index (χ2v) is 8.12. The fraction of sp³-hybridized carbons (Fsp3) is 0.600. The fourth-order valence-electron chi connectivity index (χ4n) is 3.14. The summed E-state index contributed by atoms with van der Waals surface area (Å²) in [4.78, 5) is 16.2. The molecule has 1 saturated carbocycles. The Kier molecular flexibility index (Phi) is 3.94. The average Bonchev–Trinajstić information content (AvgIpc) is 2.41. The highest BCUT2D eigenvalue weighted by molar-refractivity contribution is 7.89. The van der Waals surface area contributed by atoms with Crippen molar-refractivity contribution in [1.29, 1.82) is 0 Å². The number of hydrogen-bond acceptors (Lipinski definition) is 5. The number of hydrogen-bond donors (Lipinski definition) is 0. The molecule has 0 aromatic carbocycles. The van der Waals surface area contributed by atoms with E-state index in [-0.39, 0.29) is 11.7 Å². The van der Waals surface area contributed by atoms with Crippen LogP contribution >= 0.6 is 0 Å². The summed E-state index contributed by atoms with van der Waals surface area (Å²) in [7, 11) is -2.12. The number of aromatic nitrogens is 1. The number of ether oxygens (including phenoxy) is 1. The number of methoxy groups -OCH3 is 1. The van der Waals surface area contributed by atoms with Crippen molar-refractivity contribution in [2.75, 3.05) is 26.0 Å². The minimum atomic E-state index is -3.43. The first-order chi connectivity index (χ1) is 10.5. The van der Waals surface area contributed by atoms with Gasteiger partial charge in [0.05, 0.1) is 18.3 Å². The Bertz CT molecular complexity index is 649. The highest BCUT2D eigenvalue weighted by atomic mass is 32.2. The second-order valence-electron chi connectivity index (χ2n) is 6.15. The van der Waals surface area contributed by atoms with Crippen LogP contribution in [0.25, 0.3) is 0 Å². The van der Waals surface area contributed by atoms with E-state index in [0.717, 1.165) is 12.1 Å². The highest BCUT2D eigenvalue weighted by Crippen LogP contribution is 2.44. The average molecular weight is 324 g/mol. The molecule has 2 fully saturated rings. The lowest BCUT2D eigenvalue weighted by Crippen LogP contribution is -2.54. The third-order valence-corrected chi connectivity index (χ3v) is 6.74. The molecule has 1 aromatic rings. The van der Waals surface area contributed by atoms with Crippen LogP contribution in [0.4, 0.5) is 0 Å². The largest absolute Gasteiger partial charge is 0.469 e. The van der Waals surface area contributed by atoms with Gasteiger partial charge in [-0.3, -0.25) is 9.78 Å². The Labute approximate surface area is 130 Å². The quantitative estimate of drug-likeness (QED) is 0.760. The van der Waals surface area contributed by atoms with E-state index in [9.17, 15) is 13.2 Å². The lowest BCUT2D eigenvalue weighted by Gasteiger charge is -2.43. The molecular weight excluding hydrogens is 304 g/mol. The predicted molar refractivity (Wildman–Crippen MR) is 80.6 cm³/mol. The zero-order valence-electron chi connectivity index (χ0n) is 12.6. The maximum absolute atomic E-state index is 12.5. The van der Waals surface area contributed by atoms with Crippen LogP contribution in [-0.2, 0) is 19.6 Å². The van der Waals surface area contributed by atoms with Crippen LogP contribution < -0.4 is 0 Å². The lowest BCUT2D eigenvalue weighted by molar-refractivity contribution is -0.156. The Morgan fingerprint density at radius 1 is 1.41 bits per heavy atom. The van der Waals surface area contributed by atoms with E-state index in [1.807, 2.05) is 18.2 Å². The van der Waals surface area contributed by atoms with Crippen molar-refractivity contribution in [2.45, 2.75) is 25.2 Å². The minimum Gasteiger partial charge on any atom is -0.469 e. The van der Waals surface area contributed by atoms with Crippen molar-refractivity contribution in [3.63, 3.8) is 0 Å². The Morgan fingerprint density at radius 2 is 2.14 bits per heavy atom. The monoisotopic (exact) mass is 324 g/mol. The number of pyridine rings is 1. The van der Waals surface area contributed by atoms with Gasteiger partial charge in [-0.05, 0) is 25.0 Å². The number of esters is 1. The molecule has 0 spiro atoms. The lowest BCUT2D eigenvalue weighted by atomic mass is 9.70. The number of sulfonamides is 1. The van der Waals surface area contributed by atoms with Crippen molar-refractivity contribution in [1.82, 2.24) is 9.29 Å². The molecule has 7 heteroatoms. The molecule has 0 unspecified atom stereocenters. The fourth-order valence-corrected chi connectivity index (χ4v) is 5.24. The number of carbonyl (C=O) groups excluding carboxylic acids is 1. The van der Waals surface area contributed by atoms with Gasteiger partial charge in [0.1, 0.15) is 0 Å². The number of rotatable bonds is 5. The third-order valence-electron chi connectivity index (χ3n) is 4.74. The van der Waals surface area contributed by atoms with Gasteiger partial charge in [-0.2, -0.15) is 0 Å². The molecule has 3 rings (SSSR count). The van der Waals surface area contributed by atoms with E-state index in [0.29, 0.717) is 25.9 Å². The first-order valence-electron chi connectivity index (χ1n) is 7.44. The molecule has 1 aromatic heterocycles. The summed E-state index contributed by atoms with van der Waals surface area (Å²) in [6.07, 6.45) is 3.78. The number of nitrogens with zero attached hydrogens (tertiary/aromatic N) is 2. The first kappa shape index (κ1) is 15.4. The molecule has 2 aliphatic rings. The van der Waals surface area contributed by atoms with Crippen LogP contribution in [0, 0.1) is 5.41 Å². The second kappa shape index (κ2) is 5.62. The minimum absolute atomic E-state index is 0.137. The first-order valence-corrected chi connectivity index (χ1v) is 9.05. The van der Waals surface area contributed by atoms with E-state index in [4.69, 9.17) is 4.74 Å². The molecule has 0 atom stereocenters. The molecule has 0 radical (unpaired) electrons. The molecule has 6 nitrogen and oxygen atoms in total. The topological polar surface area (TPSA) is 76.6 Å². The SMILES string of the molecule is COC(=O)C1(CS(=O)(=O)N2CC(c3ccccn3)C2)CCC1. The van der Waals surface area contributed by atoms with E-state index in [1.54, 1.807) is 6.20 Å². The Balaban J connectivity index is 1.64.